The molecule has 0 aliphatic heterocycles. The number of halogens is 1. The maximum absolute atomic E-state index is 13.1. The fourth-order valence-corrected chi connectivity index (χ4v) is 2.09. The Bertz CT molecular complexity index is 801. The molecule has 0 bridgehead atoms. The van der Waals surface area contributed by atoms with Crippen molar-refractivity contribution >= 4 is 5.82 Å². The molecule has 0 amide bonds. The predicted molar refractivity (Wildman–Crippen MR) is 89.3 cm³/mol. The van der Waals surface area contributed by atoms with E-state index in [-0.39, 0.29) is 5.82 Å². The fourth-order valence-electron chi connectivity index (χ4n) is 2.09. The van der Waals surface area contributed by atoms with E-state index in [9.17, 15) is 4.39 Å². The molecule has 0 fully saturated rings. The van der Waals surface area contributed by atoms with Crippen LogP contribution < -0.4 is 5.32 Å². The topological polar surface area (TPSA) is 50.7 Å². The van der Waals surface area contributed by atoms with Gasteiger partial charge in [-0.15, -0.1) is 6.58 Å². The molecule has 114 valence electrons. The Balaban J connectivity index is 2.07. The highest BCUT2D eigenvalue weighted by Gasteiger charge is 2.09. The lowest BCUT2D eigenvalue weighted by molar-refractivity contribution is 0.628. The molecule has 3 aromatic rings. The van der Waals surface area contributed by atoms with Crippen LogP contribution in [0, 0.1) is 5.82 Å². The van der Waals surface area contributed by atoms with Gasteiger partial charge >= 0.3 is 0 Å². The molecule has 2 aromatic heterocycles. The fraction of sp³-hybridized carbons (Fsp3) is 0.0556. The van der Waals surface area contributed by atoms with E-state index < -0.39 is 0 Å². The molecule has 2 heterocycles. The summed E-state index contributed by atoms with van der Waals surface area (Å²) in [5, 5.41) is 3.15. The molecule has 0 unspecified atom stereocenters. The molecule has 0 atom stereocenters. The van der Waals surface area contributed by atoms with E-state index in [1.54, 1.807) is 24.4 Å². The van der Waals surface area contributed by atoms with Crippen molar-refractivity contribution in [1.29, 1.82) is 0 Å². The van der Waals surface area contributed by atoms with Crippen molar-refractivity contribution in [2.45, 2.75) is 0 Å². The average molecular weight is 306 g/mol. The highest BCUT2D eigenvalue weighted by atomic mass is 19.1. The number of nitrogens with one attached hydrogen (secondary N) is 1. The third kappa shape index (κ3) is 3.58. The minimum atomic E-state index is -0.280. The zero-order valence-electron chi connectivity index (χ0n) is 12.4. The number of pyridine rings is 1. The summed E-state index contributed by atoms with van der Waals surface area (Å²) in [5.41, 5.74) is 2.19. The summed E-state index contributed by atoms with van der Waals surface area (Å²) >= 11 is 0. The molecule has 0 spiro atoms. The quantitative estimate of drug-likeness (QED) is 0.725. The molecular weight excluding hydrogens is 291 g/mol. The zero-order valence-corrected chi connectivity index (χ0v) is 12.4. The zero-order chi connectivity index (χ0) is 16.1. The first-order valence-corrected chi connectivity index (χ1v) is 7.17. The number of aromatic nitrogens is 3. The van der Waals surface area contributed by atoms with E-state index in [0.29, 0.717) is 29.6 Å². The van der Waals surface area contributed by atoms with Gasteiger partial charge in [0.05, 0.1) is 5.69 Å². The molecule has 5 heteroatoms. The second-order valence-electron chi connectivity index (χ2n) is 4.85. The largest absolute Gasteiger partial charge is 0.366 e. The number of hydrogen-bond acceptors (Lipinski definition) is 4. The van der Waals surface area contributed by atoms with Crippen molar-refractivity contribution in [3.8, 4) is 22.8 Å². The van der Waals surface area contributed by atoms with Gasteiger partial charge in [-0.3, -0.25) is 4.98 Å². The Morgan fingerprint density at radius 3 is 2.57 bits per heavy atom. The number of hydrogen-bond donors (Lipinski definition) is 1. The van der Waals surface area contributed by atoms with E-state index in [4.69, 9.17) is 0 Å². The van der Waals surface area contributed by atoms with E-state index >= 15 is 0 Å². The number of nitrogens with zero attached hydrogens (tertiary/aromatic N) is 3. The molecule has 0 radical (unpaired) electrons. The first kappa shape index (κ1) is 14.8. The van der Waals surface area contributed by atoms with Crippen molar-refractivity contribution in [3.63, 3.8) is 0 Å². The SMILES string of the molecule is C=CCNc1cc(-c2ccc(F)cc2)nc(-c2ccccn2)n1. The van der Waals surface area contributed by atoms with Crippen molar-refractivity contribution in [1.82, 2.24) is 15.0 Å². The second-order valence-corrected chi connectivity index (χ2v) is 4.85. The molecule has 0 saturated carbocycles. The lowest BCUT2D eigenvalue weighted by Gasteiger charge is -2.09. The summed E-state index contributed by atoms with van der Waals surface area (Å²) in [5.74, 6) is 0.900. The van der Waals surface area contributed by atoms with E-state index in [2.05, 4.69) is 26.8 Å². The smallest absolute Gasteiger partial charge is 0.180 e. The van der Waals surface area contributed by atoms with Crippen LogP contribution in [0.25, 0.3) is 22.8 Å². The van der Waals surface area contributed by atoms with Gasteiger partial charge in [0, 0.05) is 24.4 Å². The molecule has 1 aromatic carbocycles. The lowest BCUT2D eigenvalue weighted by atomic mass is 10.1. The van der Waals surface area contributed by atoms with E-state index in [1.807, 2.05) is 24.3 Å². The van der Waals surface area contributed by atoms with Crippen LogP contribution in [-0.2, 0) is 0 Å². The first-order chi connectivity index (χ1) is 11.3. The molecule has 23 heavy (non-hydrogen) atoms. The molecule has 0 saturated heterocycles. The summed E-state index contributed by atoms with van der Waals surface area (Å²) < 4.78 is 13.1. The monoisotopic (exact) mass is 306 g/mol. The van der Waals surface area contributed by atoms with Gasteiger partial charge in [0.2, 0.25) is 0 Å². The van der Waals surface area contributed by atoms with E-state index in [1.165, 1.54) is 12.1 Å². The standard InChI is InChI=1S/C18H15FN4/c1-2-10-21-17-12-16(13-6-8-14(19)9-7-13)22-18(23-17)15-5-3-4-11-20-15/h2-9,11-12H,1,10H2,(H,21,22,23). The summed E-state index contributed by atoms with van der Waals surface area (Å²) in [6.45, 7) is 4.27. The lowest BCUT2D eigenvalue weighted by Crippen LogP contribution is -2.03. The number of rotatable bonds is 5. The van der Waals surface area contributed by atoms with Crippen LogP contribution >= 0.6 is 0 Å². The van der Waals surface area contributed by atoms with Gasteiger partial charge in [0.15, 0.2) is 5.82 Å². The van der Waals surface area contributed by atoms with Crippen molar-refractivity contribution in [2.75, 3.05) is 11.9 Å². The molecule has 0 aliphatic rings. The first-order valence-electron chi connectivity index (χ1n) is 7.17. The second kappa shape index (κ2) is 6.79. The number of benzene rings is 1. The van der Waals surface area contributed by atoms with Crippen molar-refractivity contribution in [3.05, 3.63) is 73.2 Å². The Kier molecular flexibility index (Phi) is 4.38. The summed E-state index contributed by atoms with van der Waals surface area (Å²) in [4.78, 5) is 13.3. The maximum atomic E-state index is 13.1. The van der Waals surface area contributed by atoms with Crippen LogP contribution in [-0.4, -0.2) is 21.5 Å². The predicted octanol–water partition coefficient (Wildman–Crippen LogP) is 3.94. The van der Waals surface area contributed by atoms with Crippen LogP contribution in [0.15, 0.2) is 67.4 Å². The van der Waals surface area contributed by atoms with Crippen LogP contribution in [0.3, 0.4) is 0 Å². The summed E-state index contributed by atoms with van der Waals surface area (Å²) in [6.07, 6.45) is 3.44. The molecule has 3 rings (SSSR count). The van der Waals surface area contributed by atoms with Crippen LogP contribution in [0.1, 0.15) is 0 Å². The molecule has 0 aliphatic carbocycles. The number of anilines is 1. The van der Waals surface area contributed by atoms with E-state index in [0.717, 1.165) is 5.56 Å². The molecule has 1 N–H and O–H groups in total. The Morgan fingerprint density at radius 2 is 1.87 bits per heavy atom. The Morgan fingerprint density at radius 1 is 1.04 bits per heavy atom. The van der Waals surface area contributed by atoms with Gasteiger partial charge in [-0.1, -0.05) is 12.1 Å². The molecular formula is C18H15FN4. The maximum Gasteiger partial charge on any atom is 0.180 e. The summed E-state index contributed by atoms with van der Waals surface area (Å²) in [7, 11) is 0. The third-order valence-electron chi connectivity index (χ3n) is 3.19. The minimum absolute atomic E-state index is 0.280. The van der Waals surface area contributed by atoms with Crippen LogP contribution in [0.4, 0.5) is 10.2 Å². The Hall–Kier alpha value is -3.08. The van der Waals surface area contributed by atoms with Gasteiger partial charge in [0.25, 0.3) is 0 Å². The highest BCUT2D eigenvalue weighted by Crippen LogP contribution is 2.23. The van der Waals surface area contributed by atoms with Crippen LogP contribution in [0.5, 0.6) is 0 Å². The van der Waals surface area contributed by atoms with Crippen molar-refractivity contribution in [2.24, 2.45) is 0 Å². The van der Waals surface area contributed by atoms with Gasteiger partial charge in [0.1, 0.15) is 17.3 Å². The Labute approximate surface area is 133 Å². The third-order valence-corrected chi connectivity index (χ3v) is 3.19. The van der Waals surface area contributed by atoms with Gasteiger partial charge in [-0.05, 0) is 36.4 Å². The minimum Gasteiger partial charge on any atom is -0.366 e. The van der Waals surface area contributed by atoms with Gasteiger partial charge in [-0.2, -0.15) is 0 Å². The van der Waals surface area contributed by atoms with Gasteiger partial charge in [-0.25, -0.2) is 14.4 Å². The van der Waals surface area contributed by atoms with Crippen LogP contribution in [0.2, 0.25) is 0 Å². The average Bonchev–Trinajstić information content (AvgIpc) is 2.61. The normalized spacial score (nSPS) is 10.3. The van der Waals surface area contributed by atoms with Crippen molar-refractivity contribution < 1.29 is 4.39 Å². The summed E-state index contributed by atoms with van der Waals surface area (Å²) in [6, 6.07) is 13.6. The highest BCUT2D eigenvalue weighted by molar-refractivity contribution is 5.66. The van der Waals surface area contributed by atoms with Gasteiger partial charge < -0.3 is 5.32 Å². The molecule has 4 nitrogen and oxygen atoms in total.